The summed E-state index contributed by atoms with van der Waals surface area (Å²) in [5.74, 6) is 0. The number of nitro groups is 1. The Kier molecular flexibility index (Phi) is 6.05. The van der Waals surface area contributed by atoms with Gasteiger partial charge in [0.05, 0.1) is 16.1 Å². The van der Waals surface area contributed by atoms with Crippen LogP contribution in [0, 0.1) is 10.1 Å². The molecular weight excluding hydrogens is 406 g/mol. The molecule has 2 saturated heterocycles. The van der Waals surface area contributed by atoms with Crippen LogP contribution >= 0.6 is 0 Å². The lowest BCUT2D eigenvalue weighted by molar-refractivity contribution is -0.384. The minimum absolute atomic E-state index is 0.00482. The van der Waals surface area contributed by atoms with Crippen LogP contribution < -0.4 is 4.90 Å². The Balaban J connectivity index is 1.64. The normalized spacial score (nSPS) is 20.9. The van der Waals surface area contributed by atoms with Gasteiger partial charge in [-0.2, -0.15) is 4.31 Å². The van der Waals surface area contributed by atoms with Crippen molar-refractivity contribution in [3.05, 3.63) is 47.0 Å². The number of rotatable bonds is 6. The summed E-state index contributed by atoms with van der Waals surface area (Å²) >= 11 is 0. The maximum Gasteiger partial charge on any atom is 0.293 e. The first-order chi connectivity index (χ1) is 14.5. The molecule has 0 spiro atoms. The van der Waals surface area contributed by atoms with Crippen LogP contribution in [0.25, 0.3) is 0 Å². The van der Waals surface area contributed by atoms with Gasteiger partial charge in [-0.3, -0.25) is 10.1 Å². The highest BCUT2D eigenvalue weighted by Crippen LogP contribution is 2.36. The third kappa shape index (κ3) is 4.20. The number of sulfonamides is 1. The summed E-state index contributed by atoms with van der Waals surface area (Å²) in [6, 6.07) is 4.47. The lowest BCUT2D eigenvalue weighted by atomic mass is 10.2. The topological polar surface area (TPSA) is 102 Å². The fourth-order valence-electron chi connectivity index (χ4n) is 4.46. The minimum Gasteiger partial charge on any atom is -0.361 e. The smallest absolute Gasteiger partial charge is 0.293 e. The number of nitro benzene ring substituents is 1. The van der Waals surface area contributed by atoms with Crippen molar-refractivity contribution in [3.8, 4) is 0 Å². The van der Waals surface area contributed by atoms with Crippen molar-refractivity contribution in [2.24, 2.45) is 0 Å². The standard InChI is InChI=1S/C20H27N5O4S/c26-25(27)20-14-18(30(28,29)23-10-3-1-2-4-11-23)7-8-19(20)24-12-5-6-17(24)15-22-13-9-21-16-22/h7-9,13-14,16-17H,1-6,10-12,15H2. The van der Waals surface area contributed by atoms with Gasteiger partial charge in [0.1, 0.15) is 5.69 Å². The van der Waals surface area contributed by atoms with Crippen molar-refractivity contribution >= 4 is 21.4 Å². The van der Waals surface area contributed by atoms with Gasteiger partial charge in [0, 0.05) is 50.7 Å². The van der Waals surface area contributed by atoms with Gasteiger partial charge in [0.25, 0.3) is 5.69 Å². The van der Waals surface area contributed by atoms with E-state index >= 15 is 0 Å². The van der Waals surface area contributed by atoms with Crippen LogP contribution in [0.5, 0.6) is 0 Å². The minimum atomic E-state index is -3.74. The summed E-state index contributed by atoms with van der Waals surface area (Å²) in [6.45, 7) is 2.33. The van der Waals surface area contributed by atoms with Crippen molar-refractivity contribution in [1.82, 2.24) is 13.9 Å². The third-order valence-corrected chi connectivity index (χ3v) is 7.91. The van der Waals surface area contributed by atoms with E-state index in [4.69, 9.17) is 0 Å². The fraction of sp³-hybridized carbons (Fsp3) is 0.550. The van der Waals surface area contributed by atoms with Gasteiger partial charge in [-0.05, 0) is 37.8 Å². The molecule has 1 unspecified atom stereocenters. The molecule has 0 bridgehead atoms. The van der Waals surface area contributed by atoms with E-state index in [2.05, 4.69) is 4.98 Å². The van der Waals surface area contributed by atoms with Gasteiger partial charge in [0.15, 0.2) is 0 Å². The van der Waals surface area contributed by atoms with Gasteiger partial charge in [0.2, 0.25) is 10.0 Å². The molecule has 162 valence electrons. The largest absolute Gasteiger partial charge is 0.361 e. The molecule has 2 aliphatic rings. The van der Waals surface area contributed by atoms with Crippen LogP contribution in [0.1, 0.15) is 38.5 Å². The highest BCUT2D eigenvalue weighted by Gasteiger charge is 2.33. The molecule has 2 aliphatic heterocycles. The molecule has 1 atom stereocenters. The Hall–Kier alpha value is -2.46. The molecule has 10 heteroatoms. The van der Waals surface area contributed by atoms with E-state index in [0.717, 1.165) is 38.5 Å². The predicted molar refractivity (Wildman–Crippen MR) is 113 cm³/mol. The van der Waals surface area contributed by atoms with E-state index in [9.17, 15) is 18.5 Å². The van der Waals surface area contributed by atoms with E-state index in [1.807, 2.05) is 15.7 Å². The maximum atomic E-state index is 13.1. The number of hydrogen-bond donors (Lipinski definition) is 0. The third-order valence-electron chi connectivity index (χ3n) is 6.01. The Labute approximate surface area is 176 Å². The molecular formula is C20H27N5O4S. The quantitative estimate of drug-likeness (QED) is 0.513. The van der Waals surface area contributed by atoms with Crippen LogP contribution in [0.2, 0.25) is 0 Å². The van der Waals surface area contributed by atoms with Gasteiger partial charge in [-0.25, -0.2) is 13.4 Å². The van der Waals surface area contributed by atoms with Crippen molar-refractivity contribution in [2.75, 3.05) is 24.5 Å². The first-order valence-electron chi connectivity index (χ1n) is 10.5. The maximum absolute atomic E-state index is 13.1. The molecule has 1 aromatic heterocycles. The molecule has 30 heavy (non-hydrogen) atoms. The SMILES string of the molecule is O=[N+]([O-])c1cc(S(=O)(=O)N2CCCCCC2)ccc1N1CCCC1Cn1ccnc1. The van der Waals surface area contributed by atoms with E-state index in [1.54, 1.807) is 18.6 Å². The molecule has 0 aliphatic carbocycles. The molecule has 3 heterocycles. The highest BCUT2D eigenvalue weighted by atomic mass is 32.2. The summed E-state index contributed by atoms with van der Waals surface area (Å²) in [5, 5.41) is 11.9. The molecule has 1 aromatic carbocycles. The first kappa shape index (κ1) is 20.8. The van der Waals surface area contributed by atoms with E-state index in [1.165, 1.54) is 16.4 Å². The number of aromatic nitrogens is 2. The molecule has 0 radical (unpaired) electrons. The second-order valence-corrected chi connectivity index (χ2v) is 9.91. The van der Waals surface area contributed by atoms with Crippen LogP contribution in [0.3, 0.4) is 0 Å². The lowest BCUT2D eigenvalue weighted by Gasteiger charge is -2.27. The van der Waals surface area contributed by atoms with Crippen LogP contribution in [0.4, 0.5) is 11.4 Å². The Bertz CT molecular complexity index is 985. The molecule has 0 amide bonds. The zero-order valence-corrected chi connectivity index (χ0v) is 17.7. The number of hydrogen-bond acceptors (Lipinski definition) is 6. The number of benzene rings is 1. The molecule has 4 rings (SSSR count). The Morgan fingerprint density at radius 3 is 2.53 bits per heavy atom. The summed E-state index contributed by atoms with van der Waals surface area (Å²) in [5.41, 5.74) is 0.334. The molecule has 0 saturated carbocycles. The Morgan fingerprint density at radius 1 is 1.10 bits per heavy atom. The van der Waals surface area contributed by atoms with Crippen LogP contribution in [-0.2, 0) is 16.6 Å². The first-order valence-corrected chi connectivity index (χ1v) is 11.9. The highest BCUT2D eigenvalue weighted by molar-refractivity contribution is 7.89. The number of imidazole rings is 1. The van der Waals surface area contributed by atoms with Crippen molar-refractivity contribution in [2.45, 2.75) is 56.0 Å². The average molecular weight is 434 g/mol. The second-order valence-electron chi connectivity index (χ2n) is 7.97. The number of nitrogens with zero attached hydrogens (tertiary/aromatic N) is 5. The zero-order valence-electron chi connectivity index (χ0n) is 16.9. The van der Waals surface area contributed by atoms with Gasteiger partial charge >= 0.3 is 0 Å². The summed E-state index contributed by atoms with van der Waals surface area (Å²) < 4.78 is 29.6. The summed E-state index contributed by atoms with van der Waals surface area (Å²) in [7, 11) is -3.74. The van der Waals surface area contributed by atoms with Gasteiger partial charge in [-0.15, -0.1) is 0 Å². The molecule has 0 N–H and O–H groups in total. The van der Waals surface area contributed by atoms with Crippen LogP contribution in [-0.4, -0.2) is 52.9 Å². The Morgan fingerprint density at radius 2 is 1.87 bits per heavy atom. The lowest BCUT2D eigenvalue weighted by Crippen LogP contribution is -2.34. The molecule has 2 aromatic rings. The van der Waals surface area contributed by atoms with Crippen molar-refractivity contribution < 1.29 is 13.3 Å². The van der Waals surface area contributed by atoms with Gasteiger partial charge < -0.3 is 9.47 Å². The molecule has 2 fully saturated rings. The average Bonchev–Trinajstić information content (AvgIpc) is 3.33. The van der Waals surface area contributed by atoms with Crippen molar-refractivity contribution in [3.63, 3.8) is 0 Å². The van der Waals surface area contributed by atoms with E-state index < -0.39 is 14.9 Å². The second kappa shape index (κ2) is 8.73. The number of anilines is 1. The van der Waals surface area contributed by atoms with E-state index in [-0.39, 0.29) is 16.6 Å². The molecule has 9 nitrogen and oxygen atoms in total. The monoisotopic (exact) mass is 433 g/mol. The fourth-order valence-corrected chi connectivity index (χ4v) is 6.00. The summed E-state index contributed by atoms with van der Waals surface area (Å²) in [6.07, 6.45) is 10.9. The van der Waals surface area contributed by atoms with Gasteiger partial charge in [-0.1, -0.05) is 12.8 Å². The van der Waals surface area contributed by atoms with E-state index in [0.29, 0.717) is 31.9 Å². The van der Waals surface area contributed by atoms with Crippen LogP contribution in [0.15, 0.2) is 41.8 Å². The van der Waals surface area contributed by atoms with Crippen molar-refractivity contribution in [1.29, 1.82) is 0 Å². The predicted octanol–water partition coefficient (Wildman–Crippen LogP) is 3.03. The zero-order chi connectivity index (χ0) is 21.1. The summed E-state index contributed by atoms with van der Waals surface area (Å²) in [4.78, 5) is 17.5.